The molecule has 0 radical (unpaired) electrons. The van der Waals surface area contributed by atoms with Gasteiger partial charge in [0.2, 0.25) is 5.13 Å². The Kier molecular flexibility index (Phi) is 3.65. The van der Waals surface area contributed by atoms with E-state index in [1.807, 2.05) is 6.07 Å². The van der Waals surface area contributed by atoms with Gasteiger partial charge in [-0.15, -0.1) is 21.5 Å². The van der Waals surface area contributed by atoms with Gasteiger partial charge in [0.05, 0.1) is 6.61 Å². The van der Waals surface area contributed by atoms with Gasteiger partial charge in [-0.1, -0.05) is 17.4 Å². The molecule has 0 aliphatic rings. The van der Waals surface area contributed by atoms with Gasteiger partial charge in [-0.05, 0) is 11.4 Å². The van der Waals surface area contributed by atoms with Crippen LogP contribution in [0.4, 0.5) is 5.13 Å². The lowest BCUT2D eigenvalue weighted by molar-refractivity contribution is 0.123. The van der Waals surface area contributed by atoms with Gasteiger partial charge < -0.3 is 10.5 Å². The summed E-state index contributed by atoms with van der Waals surface area (Å²) in [6, 6.07) is 4.16. The number of hydrogen-bond donors (Lipinski definition) is 1. The average molecular weight is 241 g/mol. The molecule has 0 unspecified atom stereocenters. The van der Waals surface area contributed by atoms with E-state index in [0.29, 0.717) is 18.3 Å². The highest BCUT2D eigenvalue weighted by atomic mass is 32.1. The summed E-state index contributed by atoms with van der Waals surface area (Å²) in [6.45, 7) is 1.21. The second-order valence-electron chi connectivity index (χ2n) is 2.92. The molecule has 80 valence electrons. The Morgan fingerprint density at radius 3 is 3.00 bits per heavy atom. The fraction of sp³-hybridized carbons (Fsp3) is 0.333. The lowest BCUT2D eigenvalue weighted by atomic mass is 10.4. The molecule has 0 saturated carbocycles. The molecule has 0 aliphatic carbocycles. The normalized spacial score (nSPS) is 10.7. The van der Waals surface area contributed by atoms with Crippen molar-refractivity contribution in [2.24, 2.45) is 0 Å². The van der Waals surface area contributed by atoms with E-state index in [-0.39, 0.29) is 0 Å². The summed E-state index contributed by atoms with van der Waals surface area (Å²) in [7, 11) is 0. The Morgan fingerprint density at radius 1 is 1.40 bits per heavy atom. The van der Waals surface area contributed by atoms with Crippen molar-refractivity contribution < 1.29 is 4.74 Å². The van der Waals surface area contributed by atoms with Gasteiger partial charge >= 0.3 is 0 Å². The van der Waals surface area contributed by atoms with Gasteiger partial charge in [0.25, 0.3) is 0 Å². The van der Waals surface area contributed by atoms with Crippen molar-refractivity contribution in [2.75, 3.05) is 12.3 Å². The Morgan fingerprint density at radius 2 is 2.33 bits per heavy atom. The summed E-state index contributed by atoms with van der Waals surface area (Å²) in [4.78, 5) is 1.34. The smallest absolute Gasteiger partial charge is 0.203 e. The Hall–Kier alpha value is -0.980. The first-order valence-electron chi connectivity index (χ1n) is 4.52. The van der Waals surface area contributed by atoms with Gasteiger partial charge in [0, 0.05) is 11.3 Å². The molecular formula is C9H11N3OS2. The first kappa shape index (κ1) is 10.5. The minimum atomic E-state index is 0.492. The van der Waals surface area contributed by atoms with Gasteiger partial charge in [0.1, 0.15) is 11.6 Å². The SMILES string of the molecule is Nc1nnc(COCCc2cccs2)s1. The molecule has 6 heteroatoms. The number of ether oxygens (including phenoxy) is 1. The number of anilines is 1. The summed E-state index contributed by atoms with van der Waals surface area (Å²) in [5, 5.41) is 11.0. The number of nitrogen functional groups attached to an aromatic ring is 1. The van der Waals surface area contributed by atoms with E-state index in [4.69, 9.17) is 10.5 Å². The number of thiophene rings is 1. The van der Waals surface area contributed by atoms with Gasteiger partial charge in [-0.2, -0.15) is 0 Å². The highest BCUT2D eigenvalue weighted by Crippen LogP contribution is 2.13. The Labute approximate surface area is 95.7 Å². The van der Waals surface area contributed by atoms with Crippen molar-refractivity contribution in [3.63, 3.8) is 0 Å². The van der Waals surface area contributed by atoms with E-state index in [2.05, 4.69) is 21.6 Å². The molecule has 0 aromatic carbocycles. The molecule has 0 amide bonds. The predicted molar refractivity (Wildman–Crippen MR) is 62.0 cm³/mol. The molecular weight excluding hydrogens is 230 g/mol. The standard InChI is InChI=1S/C9H11N3OS2/c10-9-12-11-8(15-9)6-13-4-3-7-2-1-5-14-7/h1-2,5H,3-4,6H2,(H2,10,12). The molecule has 0 saturated heterocycles. The molecule has 0 atom stereocenters. The molecule has 2 rings (SSSR count). The third-order valence-electron chi connectivity index (χ3n) is 1.78. The summed E-state index contributed by atoms with van der Waals surface area (Å²) >= 11 is 3.12. The number of hydrogen-bond acceptors (Lipinski definition) is 6. The maximum Gasteiger partial charge on any atom is 0.203 e. The first-order valence-corrected chi connectivity index (χ1v) is 6.22. The maximum absolute atomic E-state index is 5.47. The van der Waals surface area contributed by atoms with E-state index < -0.39 is 0 Å². The van der Waals surface area contributed by atoms with E-state index >= 15 is 0 Å². The third kappa shape index (κ3) is 3.26. The molecule has 2 aromatic rings. The van der Waals surface area contributed by atoms with E-state index in [1.54, 1.807) is 11.3 Å². The predicted octanol–water partition coefficient (Wildman–Crippen LogP) is 1.94. The van der Waals surface area contributed by atoms with Crippen LogP contribution in [0.2, 0.25) is 0 Å². The zero-order valence-electron chi connectivity index (χ0n) is 8.05. The number of nitrogens with two attached hydrogens (primary N) is 1. The van der Waals surface area contributed by atoms with Crippen molar-refractivity contribution in [2.45, 2.75) is 13.0 Å². The minimum absolute atomic E-state index is 0.492. The Balaban J connectivity index is 1.67. The molecule has 0 aliphatic heterocycles. The molecule has 2 aromatic heterocycles. The minimum Gasteiger partial charge on any atom is -0.374 e. The maximum atomic E-state index is 5.47. The fourth-order valence-electron chi connectivity index (χ4n) is 1.11. The van der Waals surface area contributed by atoms with Crippen molar-refractivity contribution in [1.82, 2.24) is 10.2 Å². The number of nitrogens with zero attached hydrogens (tertiary/aromatic N) is 2. The monoisotopic (exact) mass is 241 g/mol. The topological polar surface area (TPSA) is 61.0 Å². The van der Waals surface area contributed by atoms with Crippen LogP contribution in [-0.4, -0.2) is 16.8 Å². The van der Waals surface area contributed by atoms with Crippen LogP contribution in [0.5, 0.6) is 0 Å². The van der Waals surface area contributed by atoms with E-state index in [9.17, 15) is 0 Å². The summed E-state index contributed by atoms with van der Waals surface area (Å²) in [5.41, 5.74) is 5.45. The molecule has 0 fully saturated rings. The van der Waals surface area contributed by atoms with Gasteiger partial charge in [-0.25, -0.2) is 0 Å². The van der Waals surface area contributed by atoms with Crippen LogP contribution < -0.4 is 5.73 Å². The molecule has 15 heavy (non-hydrogen) atoms. The zero-order valence-corrected chi connectivity index (χ0v) is 9.68. The van der Waals surface area contributed by atoms with E-state index in [1.165, 1.54) is 16.2 Å². The van der Waals surface area contributed by atoms with Crippen molar-refractivity contribution in [1.29, 1.82) is 0 Å². The van der Waals surface area contributed by atoms with Crippen LogP contribution in [0, 0.1) is 0 Å². The van der Waals surface area contributed by atoms with Crippen LogP contribution in [0.1, 0.15) is 9.88 Å². The fourth-order valence-corrected chi connectivity index (χ4v) is 2.35. The van der Waals surface area contributed by atoms with Crippen molar-refractivity contribution in [3.05, 3.63) is 27.4 Å². The van der Waals surface area contributed by atoms with Crippen LogP contribution >= 0.6 is 22.7 Å². The second-order valence-corrected chi connectivity index (χ2v) is 5.04. The van der Waals surface area contributed by atoms with Crippen LogP contribution in [0.15, 0.2) is 17.5 Å². The van der Waals surface area contributed by atoms with Crippen molar-refractivity contribution >= 4 is 27.8 Å². The number of rotatable bonds is 5. The lowest BCUT2D eigenvalue weighted by Gasteiger charge is -1.99. The average Bonchev–Trinajstić information content (AvgIpc) is 2.84. The van der Waals surface area contributed by atoms with Crippen LogP contribution in [0.25, 0.3) is 0 Å². The third-order valence-corrected chi connectivity index (χ3v) is 3.44. The molecule has 0 spiro atoms. The molecule has 2 N–H and O–H groups in total. The largest absolute Gasteiger partial charge is 0.374 e. The zero-order chi connectivity index (χ0) is 10.5. The van der Waals surface area contributed by atoms with Crippen LogP contribution in [-0.2, 0) is 17.8 Å². The van der Waals surface area contributed by atoms with E-state index in [0.717, 1.165) is 11.4 Å². The highest BCUT2D eigenvalue weighted by Gasteiger charge is 2.00. The van der Waals surface area contributed by atoms with Gasteiger partial charge in [0.15, 0.2) is 0 Å². The lowest BCUT2D eigenvalue weighted by Crippen LogP contribution is -1.97. The quantitative estimate of drug-likeness (QED) is 0.813. The second kappa shape index (κ2) is 5.20. The van der Waals surface area contributed by atoms with Crippen molar-refractivity contribution in [3.8, 4) is 0 Å². The molecule has 2 heterocycles. The number of aromatic nitrogens is 2. The Bertz CT molecular complexity index is 399. The molecule has 0 bridgehead atoms. The summed E-state index contributed by atoms with van der Waals surface area (Å²) in [5.74, 6) is 0. The first-order chi connectivity index (χ1) is 7.34. The van der Waals surface area contributed by atoms with Gasteiger partial charge in [-0.3, -0.25) is 0 Å². The van der Waals surface area contributed by atoms with Crippen LogP contribution in [0.3, 0.4) is 0 Å². The summed E-state index contributed by atoms with van der Waals surface area (Å²) < 4.78 is 5.47. The summed E-state index contributed by atoms with van der Waals surface area (Å²) in [6.07, 6.45) is 0.950. The highest BCUT2D eigenvalue weighted by molar-refractivity contribution is 7.15. The molecule has 4 nitrogen and oxygen atoms in total.